The maximum absolute atomic E-state index is 13.1. The molecule has 4 saturated heterocycles. The van der Waals surface area contributed by atoms with Crippen molar-refractivity contribution in [2.75, 3.05) is 0 Å². The smallest absolute Gasteiger partial charge is 0.334 e. The highest BCUT2D eigenvalue weighted by Crippen LogP contribution is 2.80. The van der Waals surface area contributed by atoms with Gasteiger partial charge in [0.1, 0.15) is 17.1 Å². The van der Waals surface area contributed by atoms with Gasteiger partial charge in [-0.25, -0.2) is 4.79 Å². The first kappa shape index (κ1) is 15.0. The lowest BCUT2D eigenvalue weighted by Gasteiger charge is -2.68. The largest absolute Gasteiger partial charge is 0.459 e. The van der Waals surface area contributed by atoms with Crippen LogP contribution in [-0.4, -0.2) is 58.1 Å². The van der Waals surface area contributed by atoms with Gasteiger partial charge in [-0.1, -0.05) is 6.92 Å². The Morgan fingerprint density at radius 1 is 1.11 bits per heavy atom. The molecule has 8 aliphatic rings. The Bertz CT molecular complexity index is 938. The third kappa shape index (κ3) is 1.02. The molecule has 8 rings (SSSR count). The van der Waals surface area contributed by atoms with Gasteiger partial charge in [-0.3, -0.25) is 9.59 Å². The summed E-state index contributed by atoms with van der Waals surface area (Å²) in [5.74, 6) is -2.36. The Labute approximate surface area is 153 Å². The lowest BCUT2D eigenvalue weighted by Crippen LogP contribution is -2.85. The number of esters is 3. The van der Waals surface area contributed by atoms with E-state index in [4.69, 9.17) is 18.9 Å². The maximum Gasteiger partial charge on any atom is 0.334 e. The van der Waals surface area contributed by atoms with Gasteiger partial charge in [0.25, 0.3) is 0 Å². The molecule has 1 N–H and O–H groups in total. The average molecular weight is 374 g/mol. The Morgan fingerprint density at radius 2 is 1.89 bits per heavy atom. The summed E-state index contributed by atoms with van der Waals surface area (Å²) in [6.45, 7) is 3.51. The van der Waals surface area contributed by atoms with Gasteiger partial charge in [0, 0.05) is 17.1 Å². The summed E-state index contributed by atoms with van der Waals surface area (Å²) in [6.07, 6.45) is -1.17. The van der Waals surface area contributed by atoms with Crippen LogP contribution < -0.4 is 0 Å². The fourth-order valence-electron chi connectivity index (χ4n) is 7.97. The van der Waals surface area contributed by atoms with E-state index in [1.807, 2.05) is 6.92 Å². The first-order valence-electron chi connectivity index (χ1n) is 9.50. The molecule has 7 fully saturated rings. The minimum absolute atomic E-state index is 0.120. The Balaban J connectivity index is 1.67. The molecule has 0 aromatic rings. The quantitative estimate of drug-likeness (QED) is 0.458. The van der Waals surface area contributed by atoms with Crippen LogP contribution in [0, 0.1) is 17.3 Å². The number of hydrogen-bond donors (Lipinski definition) is 1. The van der Waals surface area contributed by atoms with E-state index in [0.29, 0.717) is 11.1 Å². The zero-order chi connectivity index (χ0) is 18.7. The standard InChI is InChI=1S/C19H18O8/c1-6-9-12-10-13-11(24-12)7(2)17(15(22)25-13)4-3-16(27-14(6)21)5-8(20)26-19(9,16)18(10,17)23/h7,10-13,23H,3-5H2,1-2H3/t7?,10-,11+,12+,13-,16-,17+,18+,19-/m1/s1. The summed E-state index contributed by atoms with van der Waals surface area (Å²) >= 11 is 0. The fraction of sp³-hybridized carbons (Fsp3) is 0.737. The molecule has 0 amide bonds. The summed E-state index contributed by atoms with van der Waals surface area (Å²) in [5, 5.41) is 12.4. The molecule has 0 aromatic heterocycles. The van der Waals surface area contributed by atoms with Gasteiger partial charge in [-0.15, -0.1) is 0 Å². The zero-order valence-corrected chi connectivity index (χ0v) is 14.8. The number of hydrogen-bond acceptors (Lipinski definition) is 8. The van der Waals surface area contributed by atoms with Crippen LogP contribution in [0.15, 0.2) is 11.1 Å². The zero-order valence-electron chi connectivity index (χ0n) is 14.8. The Morgan fingerprint density at radius 3 is 2.67 bits per heavy atom. The monoisotopic (exact) mass is 374 g/mol. The Kier molecular flexibility index (Phi) is 2.05. The van der Waals surface area contributed by atoms with Crippen LogP contribution in [0.2, 0.25) is 0 Å². The molecule has 27 heavy (non-hydrogen) atoms. The molecule has 5 aliphatic heterocycles. The molecule has 142 valence electrons. The molecule has 4 bridgehead atoms. The van der Waals surface area contributed by atoms with E-state index in [2.05, 4.69) is 0 Å². The van der Waals surface area contributed by atoms with Crippen molar-refractivity contribution in [3.8, 4) is 0 Å². The number of rotatable bonds is 0. The molecule has 3 saturated carbocycles. The minimum atomic E-state index is -1.71. The van der Waals surface area contributed by atoms with Crippen LogP contribution >= 0.6 is 0 Å². The molecule has 0 radical (unpaired) electrons. The number of carbonyl (C=O) groups is 3. The summed E-state index contributed by atoms with van der Waals surface area (Å²) in [7, 11) is 0. The van der Waals surface area contributed by atoms with Crippen LogP contribution in [0.4, 0.5) is 0 Å². The average Bonchev–Trinajstić information content (AvgIpc) is 3.16. The molecule has 2 spiro atoms. The topological polar surface area (TPSA) is 108 Å². The summed E-state index contributed by atoms with van der Waals surface area (Å²) in [5.41, 5.74) is -5.04. The molecular weight excluding hydrogens is 356 g/mol. The normalized spacial score (nSPS) is 61.0. The van der Waals surface area contributed by atoms with Crippen molar-refractivity contribution in [1.29, 1.82) is 0 Å². The SMILES string of the molecule is CC1=C2[C@@H]3O[C@H]4C(C)[C@]56CC[C@]7(CC(=O)O[C@]27[C@]5(O)[C@H]3[C@H]4OC6=O)OC1=O. The summed E-state index contributed by atoms with van der Waals surface area (Å²) in [6, 6.07) is 0. The van der Waals surface area contributed by atoms with E-state index in [9.17, 15) is 19.5 Å². The van der Waals surface area contributed by atoms with Gasteiger partial charge < -0.3 is 24.1 Å². The second-order valence-electron chi connectivity index (χ2n) is 9.20. The van der Waals surface area contributed by atoms with Crippen molar-refractivity contribution in [3.63, 3.8) is 0 Å². The van der Waals surface area contributed by atoms with Crippen molar-refractivity contribution >= 4 is 17.9 Å². The first-order valence-corrected chi connectivity index (χ1v) is 9.50. The van der Waals surface area contributed by atoms with Crippen LogP contribution in [0.1, 0.15) is 33.1 Å². The molecule has 5 heterocycles. The first-order chi connectivity index (χ1) is 12.8. The van der Waals surface area contributed by atoms with Gasteiger partial charge in [0.15, 0.2) is 5.60 Å². The summed E-state index contributed by atoms with van der Waals surface area (Å²) < 4.78 is 23.8. The summed E-state index contributed by atoms with van der Waals surface area (Å²) in [4.78, 5) is 38.4. The molecule has 8 heteroatoms. The van der Waals surface area contributed by atoms with E-state index in [1.165, 1.54) is 0 Å². The molecule has 0 aromatic carbocycles. The fourth-order valence-corrected chi connectivity index (χ4v) is 7.97. The van der Waals surface area contributed by atoms with Gasteiger partial charge in [-0.05, 0) is 19.8 Å². The van der Waals surface area contributed by atoms with Gasteiger partial charge >= 0.3 is 17.9 Å². The second kappa shape index (κ2) is 3.67. The van der Waals surface area contributed by atoms with Crippen molar-refractivity contribution in [2.45, 2.75) is 68.2 Å². The highest BCUT2D eigenvalue weighted by Gasteiger charge is 2.97. The maximum atomic E-state index is 13.1. The second-order valence-corrected chi connectivity index (χ2v) is 9.20. The minimum Gasteiger partial charge on any atom is -0.459 e. The van der Waals surface area contributed by atoms with Crippen LogP contribution in [0.3, 0.4) is 0 Å². The molecule has 3 aliphatic carbocycles. The van der Waals surface area contributed by atoms with Crippen LogP contribution in [-0.2, 0) is 33.3 Å². The highest BCUT2D eigenvalue weighted by molar-refractivity contribution is 5.96. The molecule has 1 unspecified atom stereocenters. The number of carbonyl (C=O) groups excluding carboxylic acids is 3. The predicted molar refractivity (Wildman–Crippen MR) is 82.8 cm³/mol. The van der Waals surface area contributed by atoms with Crippen molar-refractivity contribution in [2.24, 2.45) is 17.3 Å². The van der Waals surface area contributed by atoms with E-state index in [0.717, 1.165) is 0 Å². The van der Waals surface area contributed by atoms with Gasteiger partial charge in [0.05, 0.1) is 24.5 Å². The van der Waals surface area contributed by atoms with Gasteiger partial charge in [-0.2, -0.15) is 0 Å². The molecular formula is C19H18O8. The number of fused-ring (bicyclic) bond motifs is 2. The lowest BCUT2D eigenvalue weighted by atomic mass is 9.41. The number of aliphatic hydroxyl groups is 1. The Hall–Kier alpha value is -1.93. The number of ether oxygens (including phenoxy) is 4. The van der Waals surface area contributed by atoms with Crippen LogP contribution in [0.25, 0.3) is 0 Å². The predicted octanol–water partition coefficient (Wildman–Crippen LogP) is -0.232. The van der Waals surface area contributed by atoms with Crippen LogP contribution in [0.5, 0.6) is 0 Å². The van der Waals surface area contributed by atoms with Crippen molar-refractivity contribution in [1.82, 2.24) is 0 Å². The third-order valence-electron chi connectivity index (χ3n) is 8.81. The van der Waals surface area contributed by atoms with Crippen molar-refractivity contribution in [3.05, 3.63) is 11.1 Å². The molecule has 9 atom stereocenters. The highest BCUT2D eigenvalue weighted by atomic mass is 16.6. The van der Waals surface area contributed by atoms with E-state index >= 15 is 0 Å². The van der Waals surface area contributed by atoms with E-state index in [-0.39, 0.29) is 31.3 Å². The lowest BCUT2D eigenvalue weighted by molar-refractivity contribution is -0.341. The van der Waals surface area contributed by atoms with Crippen molar-refractivity contribution < 1.29 is 38.4 Å². The molecule has 8 nitrogen and oxygen atoms in total. The van der Waals surface area contributed by atoms with E-state index in [1.54, 1.807) is 6.92 Å². The van der Waals surface area contributed by atoms with Gasteiger partial charge in [0.2, 0.25) is 5.60 Å². The third-order valence-corrected chi connectivity index (χ3v) is 8.81. The van der Waals surface area contributed by atoms with E-state index < -0.39 is 58.3 Å².